The van der Waals surface area contributed by atoms with Crippen LogP contribution in [0.3, 0.4) is 0 Å². The molecule has 1 aliphatic heterocycles. The van der Waals surface area contributed by atoms with Crippen LogP contribution in [-0.2, 0) is 28.5 Å². The van der Waals surface area contributed by atoms with Crippen LogP contribution in [0.4, 0.5) is 0 Å². The summed E-state index contributed by atoms with van der Waals surface area (Å²) in [6.07, 6.45) is -1.18. The molecule has 0 spiro atoms. The minimum atomic E-state index is -1.30. The number of carbonyl (C=O) groups excluding carboxylic acids is 2. The molecule has 3 fully saturated rings. The SMILES string of the molecule is CO[C@H]1C[C@H]2OC[C@@]2(C)[C@H]2[C@H](C)[C@]3(O)C[C@H](OC(=O)[C@H](OC)C(c4ccccc4)c4ccccc4)C(C)=C([C@@H](C)C(=O)[C@]12C)C3(C)C. The molecule has 2 aromatic carbocycles. The van der Waals surface area contributed by atoms with Gasteiger partial charge in [-0.15, -0.1) is 0 Å². The number of fused-ring (bicyclic) bond motifs is 5. The Balaban J connectivity index is 1.43. The van der Waals surface area contributed by atoms with Crippen LogP contribution in [-0.4, -0.2) is 67.7 Å². The van der Waals surface area contributed by atoms with Gasteiger partial charge in [0.15, 0.2) is 6.10 Å². The Morgan fingerprint density at radius 2 is 1.53 bits per heavy atom. The van der Waals surface area contributed by atoms with Crippen LogP contribution in [0.5, 0.6) is 0 Å². The topological polar surface area (TPSA) is 91.3 Å². The van der Waals surface area contributed by atoms with Gasteiger partial charge in [-0.1, -0.05) is 95.3 Å². The van der Waals surface area contributed by atoms with Gasteiger partial charge in [0.25, 0.3) is 0 Å². The Hall–Kier alpha value is -2.84. The summed E-state index contributed by atoms with van der Waals surface area (Å²) < 4.78 is 24.6. The summed E-state index contributed by atoms with van der Waals surface area (Å²) in [7, 11) is 3.22. The molecule has 3 aliphatic carbocycles. The standard InChI is InChI=1S/C40H52O7/c1-23-28(47-36(42)33(45-9)31(26-16-12-10-13-17-26)27-18-14-11-15-19-27)21-40(43)25(3)34-38(6)22-46-29(38)20-30(44-8)39(34,7)35(41)24(2)32(23)37(40,4)5/h10-19,24-25,28-31,33-34,43H,20-22H2,1-9H3/t24-,25+,28+,29-,30+,33-,34-,38-,39-,40-/m1/s1. The van der Waals surface area contributed by atoms with Crippen molar-refractivity contribution in [2.75, 3.05) is 20.8 Å². The Labute approximate surface area is 280 Å². The summed E-state index contributed by atoms with van der Waals surface area (Å²) in [5, 5.41) is 13.2. The summed E-state index contributed by atoms with van der Waals surface area (Å²) in [5.41, 5.74) is 0.365. The van der Waals surface area contributed by atoms with Crippen LogP contribution >= 0.6 is 0 Å². The normalized spacial score (nSPS) is 38.4. The molecule has 0 amide bonds. The van der Waals surface area contributed by atoms with E-state index >= 15 is 0 Å². The fourth-order valence-corrected chi connectivity index (χ4v) is 10.8. The number of methoxy groups -OCH3 is 2. The Bertz CT molecular complexity index is 1490. The van der Waals surface area contributed by atoms with Crippen molar-refractivity contribution in [3.8, 4) is 0 Å². The van der Waals surface area contributed by atoms with Crippen molar-refractivity contribution in [1.82, 2.24) is 0 Å². The van der Waals surface area contributed by atoms with Crippen LogP contribution < -0.4 is 0 Å². The molecule has 7 nitrogen and oxygen atoms in total. The fraction of sp³-hybridized carbons (Fsp3) is 0.600. The smallest absolute Gasteiger partial charge is 0.336 e. The van der Waals surface area contributed by atoms with Gasteiger partial charge in [-0.2, -0.15) is 0 Å². The Kier molecular flexibility index (Phi) is 8.65. The Morgan fingerprint density at radius 3 is 2.02 bits per heavy atom. The minimum Gasteiger partial charge on any atom is -0.456 e. The van der Waals surface area contributed by atoms with E-state index in [9.17, 15) is 14.7 Å². The van der Waals surface area contributed by atoms with Gasteiger partial charge in [0.1, 0.15) is 11.9 Å². The van der Waals surface area contributed by atoms with E-state index in [-0.39, 0.29) is 41.7 Å². The van der Waals surface area contributed by atoms with E-state index in [1.165, 1.54) is 7.11 Å². The molecule has 47 heavy (non-hydrogen) atoms. The van der Waals surface area contributed by atoms with Crippen LogP contribution in [0.15, 0.2) is 71.8 Å². The van der Waals surface area contributed by atoms with Crippen molar-refractivity contribution in [2.24, 2.45) is 34.0 Å². The molecule has 2 aromatic rings. The number of carbonyl (C=O) groups is 2. The molecule has 1 N–H and O–H groups in total. The second-order valence-electron chi connectivity index (χ2n) is 15.6. The molecule has 7 heteroatoms. The van der Waals surface area contributed by atoms with Gasteiger partial charge in [-0.3, -0.25) is 4.79 Å². The maximum atomic E-state index is 14.9. The molecule has 2 bridgehead atoms. The van der Waals surface area contributed by atoms with E-state index in [1.54, 1.807) is 7.11 Å². The average Bonchev–Trinajstić information content (AvgIpc) is 3.05. The monoisotopic (exact) mass is 644 g/mol. The molecular weight excluding hydrogens is 592 g/mol. The minimum absolute atomic E-state index is 0.0495. The maximum Gasteiger partial charge on any atom is 0.336 e. The number of esters is 1. The van der Waals surface area contributed by atoms with Crippen molar-refractivity contribution >= 4 is 11.8 Å². The van der Waals surface area contributed by atoms with E-state index in [0.29, 0.717) is 13.0 Å². The summed E-state index contributed by atoms with van der Waals surface area (Å²) in [5.74, 6) is -1.85. The molecule has 0 radical (unpaired) electrons. The van der Waals surface area contributed by atoms with Crippen LogP contribution in [0.25, 0.3) is 0 Å². The van der Waals surface area contributed by atoms with E-state index < -0.39 is 46.4 Å². The van der Waals surface area contributed by atoms with E-state index in [4.69, 9.17) is 18.9 Å². The average molecular weight is 645 g/mol. The number of hydrogen-bond donors (Lipinski definition) is 1. The number of Topliss-reactive ketones (excluding diaryl/α,β-unsaturated/α-hetero) is 1. The van der Waals surface area contributed by atoms with Crippen LogP contribution in [0.2, 0.25) is 0 Å². The molecule has 4 aliphatic rings. The fourth-order valence-electron chi connectivity index (χ4n) is 10.8. The third-order valence-electron chi connectivity index (χ3n) is 13.2. The van der Waals surface area contributed by atoms with Crippen LogP contribution in [0.1, 0.15) is 78.4 Å². The molecule has 254 valence electrons. The van der Waals surface area contributed by atoms with Crippen molar-refractivity contribution in [1.29, 1.82) is 0 Å². The summed E-state index contributed by atoms with van der Waals surface area (Å²) in [6, 6.07) is 19.7. The number of aliphatic hydroxyl groups is 1. The largest absolute Gasteiger partial charge is 0.456 e. The molecule has 1 saturated heterocycles. The number of hydrogen-bond acceptors (Lipinski definition) is 7. The number of benzene rings is 2. The van der Waals surface area contributed by atoms with Crippen LogP contribution in [0, 0.1) is 34.0 Å². The zero-order valence-corrected chi connectivity index (χ0v) is 29.4. The number of ketones is 1. The van der Waals surface area contributed by atoms with Gasteiger partial charge < -0.3 is 24.1 Å². The zero-order chi connectivity index (χ0) is 34.1. The quantitative estimate of drug-likeness (QED) is 0.271. The predicted octanol–water partition coefficient (Wildman–Crippen LogP) is 6.52. The molecule has 1 heterocycles. The highest BCUT2D eigenvalue weighted by Gasteiger charge is 2.72. The lowest BCUT2D eigenvalue weighted by Gasteiger charge is -2.69. The van der Waals surface area contributed by atoms with Gasteiger partial charge in [0.05, 0.1) is 29.8 Å². The first-order chi connectivity index (χ1) is 22.2. The molecule has 10 atom stereocenters. The third-order valence-corrected chi connectivity index (χ3v) is 13.2. The van der Waals surface area contributed by atoms with Crippen molar-refractivity contribution < 1.29 is 33.6 Å². The van der Waals surface area contributed by atoms with E-state index in [2.05, 4.69) is 34.6 Å². The van der Waals surface area contributed by atoms with E-state index in [1.807, 2.05) is 74.5 Å². The lowest BCUT2D eigenvalue weighted by Crippen LogP contribution is -2.74. The molecule has 0 unspecified atom stereocenters. The Morgan fingerprint density at radius 1 is 0.957 bits per heavy atom. The highest BCUT2D eigenvalue weighted by molar-refractivity contribution is 5.91. The van der Waals surface area contributed by atoms with Gasteiger partial charge in [-0.25, -0.2) is 4.79 Å². The first-order valence-corrected chi connectivity index (χ1v) is 17.1. The number of rotatable bonds is 7. The summed E-state index contributed by atoms with van der Waals surface area (Å²) in [6.45, 7) is 14.9. The summed E-state index contributed by atoms with van der Waals surface area (Å²) in [4.78, 5) is 29.3. The highest BCUT2D eigenvalue weighted by atomic mass is 16.6. The summed E-state index contributed by atoms with van der Waals surface area (Å²) >= 11 is 0. The molecular formula is C40H52O7. The highest BCUT2D eigenvalue weighted by Crippen LogP contribution is 2.68. The van der Waals surface area contributed by atoms with Crippen molar-refractivity contribution in [2.45, 2.75) is 97.2 Å². The number of ether oxygens (including phenoxy) is 4. The predicted molar refractivity (Wildman–Crippen MR) is 180 cm³/mol. The first kappa shape index (κ1) is 34.0. The second kappa shape index (κ2) is 11.9. The lowest BCUT2D eigenvalue weighted by molar-refractivity contribution is -0.303. The molecule has 6 rings (SSSR count). The first-order valence-electron chi connectivity index (χ1n) is 17.1. The van der Waals surface area contributed by atoms with E-state index in [0.717, 1.165) is 22.3 Å². The van der Waals surface area contributed by atoms with Crippen molar-refractivity contribution in [3.05, 3.63) is 82.9 Å². The van der Waals surface area contributed by atoms with Crippen molar-refractivity contribution in [3.63, 3.8) is 0 Å². The van der Waals surface area contributed by atoms with Gasteiger partial charge >= 0.3 is 5.97 Å². The third kappa shape index (κ3) is 4.82. The molecule has 2 saturated carbocycles. The lowest BCUT2D eigenvalue weighted by atomic mass is 9.40. The zero-order valence-electron chi connectivity index (χ0n) is 29.4. The van der Waals surface area contributed by atoms with Gasteiger partial charge in [-0.05, 0) is 48.0 Å². The van der Waals surface area contributed by atoms with Gasteiger partial charge in [0.2, 0.25) is 0 Å². The maximum absolute atomic E-state index is 14.9. The molecule has 0 aromatic heterocycles. The van der Waals surface area contributed by atoms with Gasteiger partial charge in [0, 0.05) is 49.7 Å². The second-order valence-corrected chi connectivity index (χ2v) is 15.6.